The zero-order valence-corrected chi connectivity index (χ0v) is 15.4. The summed E-state index contributed by atoms with van der Waals surface area (Å²) in [7, 11) is 0. The molecule has 0 saturated heterocycles. The summed E-state index contributed by atoms with van der Waals surface area (Å²) in [5, 5.41) is 20.1. The first-order valence-electron chi connectivity index (χ1n) is 9.59. The lowest BCUT2D eigenvalue weighted by molar-refractivity contribution is -0.132. The van der Waals surface area contributed by atoms with E-state index in [9.17, 15) is 9.59 Å². The SMILES string of the molecule is CC(NC(=O)C1CCC1)C(=O)NC1CCCc2cc(-c3nn[nH]n3)ccc21. The highest BCUT2D eigenvalue weighted by molar-refractivity contribution is 5.88. The Bertz CT molecular complexity index is 831. The molecule has 1 saturated carbocycles. The molecular formula is C19H24N6O2. The van der Waals surface area contributed by atoms with E-state index in [1.807, 2.05) is 12.1 Å². The van der Waals surface area contributed by atoms with Crippen LogP contribution in [0.3, 0.4) is 0 Å². The number of tetrazole rings is 1. The number of fused-ring (bicyclic) bond motifs is 1. The molecule has 8 heteroatoms. The molecule has 1 aromatic heterocycles. The van der Waals surface area contributed by atoms with Gasteiger partial charge in [-0.15, -0.1) is 10.2 Å². The summed E-state index contributed by atoms with van der Waals surface area (Å²) in [5.74, 6) is 0.510. The van der Waals surface area contributed by atoms with E-state index in [4.69, 9.17) is 0 Å². The first kappa shape index (κ1) is 17.6. The van der Waals surface area contributed by atoms with Crippen molar-refractivity contribution in [3.63, 3.8) is 0 Å². The average molecular weight is 368 g/mol. The zero-order valence-electron chi connectivity index (χ0n) is 15.4. The van der Waals surface area contributed by atoms with E-state index >= 15 is 0 Å². The van der Waals surface area contributed by atoms with E-state index in [1.165, 1.54) is 5.56 Å². The van der Waals surface area contributed by atoms with Crippen molar-refractivity contribution >= 4 is 11.8 Å². The highest BCUT2D eigenvalue weighted by Crippen LogP contribution is 2.32. The standard InChI is InChI=1S/C19H24N6O2/c1-11(20-19(27)12-4-2-5-12)18(26)21-16-7-3-6-13-10-14(8-9-15(13)16)17-22-24-25-23-17/h8-12,16H,2-7H2,1H3,(H,20,27)(H,21,26)(H,22,23,24,25). The number of H-pyrrole nitrogens is 1. The quantitative estimate of drug-likeness (QED) is 0.743. The van der Waals surface area contributed by atoms with Crippen LogP contribution < -0.4 is 10.6 Å². The Kier molecular flexibility index (Phi) is 4.87. The molecule has 3 N–H and O–H groups in total. The van der Waals surface area contributed by atoms with Crippen LogP contribution in [-0.4, -0.2) is 38.5 Å². The summed E-state index contributed by atoms with van der Waals surface area (Å²) in [6.07, 6.45) is 5.81. The largest absolute Gasteiger partial charge is 0.348 e. The fraction of sp³-hybridized carbons (Fsp3) is 0.526. The van der Waals surface area contributed by atoms with Crippen molar-refractivity contribution in [2.45, 2.75) is 57.5 Å². The Balaban J connectivity index is 1.43. The second kappa shape index (κ2) is 7.46. The van der Waals surface area contributed by atoms with Gasteiger partial charge in [0.15, 0.2) is 0 Å². The lowest BCUT2D eigenvalue weighted by Crippen LogP contribution is -2.48. The summed E-state index contributed by atoms with van der Waals surface area (Å²) in [6.45, 7) is 1.75. The number of nitrogens with one attached hydrogen (secondary N) is 3. The third-order valence-corrected chi connectivity index (χ3v) is 5.61. The molecule has 2 aliphatic rings. The van der Waals surface area contributed by atoms with Crippen LogP contribution in [0.15, 0.2) is 18.2 Å². The lowest BCUT2D eigenvalue weighted by Gasteiger charge is -2.29. The van der Waals surface area contributed by atoms with E-state index in [0.717, 1.165) is 49.7 Å². The Hall–Kier alpha value is -2.77. The zero-order chi connectivity index (χ0) is 18.8. The summed E-state index contributed by atoms with van der Waals surface area (Å²) < 4.78 is 0. The van der Waals surface area contributed by atoms with Crippen LogP contribution in [0.1, 0.15) is 56.2 Å². The second-order valence-corrected chi connectivity index (χ2v) is 7.46. The molecule has 0 spiro atoms. The molecule has 142 valence electrons. The monoisotopic (exact) mass is 368 g/mol. The molecule has 1 heterocycles. The maximum Gasteiger partial charge on any atom is 0.242 e. The fourth-order valence-corrected chi connectivity index (χ4v) is 3.75. The molecule has 2 aliphatic carbocycles. The lowest BCUT2D eigenvalue weighted by atomic mass is 9.84. The normalized spacial score (nSPS) is 20.3. The number of amides is 2. The van der Waals surface area contributed by atoms with Crippen molar-refractivity contribution in [3.8, 4) is 11.4 Å². The fourth-order valence-electron chi connectivity index (χ4n) is 3.75. The van der Waals surface area contributed by atoms with Crippen LogP contribution >= 0.6 is 0 Å². The highest BCUT2D eigenvalue weighted by atomic mass is 16.2. The smallest absolute Gasteiger partial charge is 0.242 e. The number of benzene rings is 1. The van der Waals surface area contributed by atoms with Crippen LogP contribution in [0.2, 0.25) is 0 Å². The summed E-state index contributed by atoms with van der Waals surface area (Å²) in [4.78, 5) is 24.7. The van der Waals surface area contributed by atoms with E-state index in [1.54, 1.807) is 6.92 Å². The van der Waals surface area contributed by atoms with Gasteiger partial charge in [-0.2, -0.15) is 5.21 Å². The second-order valence-electron chi connectivity index (χ2n) is 7.46. The van der Waals surface area contributed by atoms with Gasteiger partial charge in [-0.3, -0.25) is 9.59 Å². The predicted molar refractivity (Wildman–Crippen MR) is 98.4 cm³/mol. The molecule has 2 amide bonds. The molecule has 4 rings (SSSR count). The summed E-state index contributed by atoms with van der Waals surface area (Å²) >= 11 is 0. The highest BCUT2D eigenvalue weighted by Gasteiger charge is 2.29. The molecule has 27 heavy (non-hydrogen) atoms. The maximum absolute atomic E-state index is 12.6. The number of hydrogen-bond acceptors (Lipinski definition) is 5. The van der Waals surface area contributed by atoms with E-state index < -0.39 is 6.04 Å². The molecule has 2 unspecified atom stereocenters. The molecule has 8 nitrogen and oxygen atoms in total. The molecule has 1 fully saturated rings. The predicted octanol–water partition coefficient (Wildman–Crippen LogP) is 1.67. The first-order valence-corrected chi connectivity index (χ1v) is 9.59. The van der Waals surface area contributed by atoms with Crippen molar-refractivity contribution < 1.29 is 9.59 Å². The van der Waals surface area contributed by atoms with Crippen LogP contribution in [0.4, 0.5) is 0 Å². The molecule has 2 aromatic rings. The molecular weight excluding hydrogens is 344 g/mol. The third-order valence-electron chi connectivity index (χ3n) is 5.61. The summed E-state index contributed by atoms with van der Waals surface area (Å²) in [6, 6.07) is 5.49. The summed E-state index contributed by atoms with van der Waals surface area (Å²) in [5.41, 5.74) is 3.23. The van der Waals surface area contributed by atoms with Crippen molar-refractivity contribution in [2.75, 3.05) is 0 Å². The average Bonchev–Trinajstić information content (AvgIpc) is 3.14. The minimum absolute atomic E-state index is 0.00213. The molecule has 2 atom stereocenters. The van der Waals surface area contributed by atoms with Crippen LogP contribution in [-0.2, 0) is 16.0 Å². The van der Waals surface area contributed by atoms with E-state index in [-0.39, 0.29) is 23.8 Å². The Morgan fingerprint density at radius 1 is 1.22 bits per heavy atom. The minimum atomic E-state index is -0.526. The van der Waals surface area contributed by atoms with Gasteiger partial charge in [0.1, 0.15) is 6.04 Å². The maximum atomic E-state index is 12.6. The Morgan fingerprint density at radius 3 is 2.78 bits per heavy atom. The number of hydrogen-bond donors (Lipinski definition) is 3. The molecule has 0 radical (unpaired) electrons. The number of rotatable bonds is 5. The van der Waals surface area contributed by atoms with Crippen molar-refractivity contribution in [1.29, 1.82) is 0 Å². The van der Waals surface area contributed by atoms with Gasteiger partial charge in [-0.25, -0.2) is 0 Å². The molecule has 1 aromatic carbocycles. The number of aryl methyl sites for hydroxylation is 1. The number of carbonyl (C=O) groups excluding carboxylic acids is 2. The number of carbonyl (C=O) groups is 2. The van der Waals surface area contributed by atoms with Gasteiger partial charge in [0.05, 0.1) is 6.04 Å². The van der Waals surface area contributed by atoms with Gasteiger partial charge >= 0.3 is 0 Å². The van der Waals surface area contributed by atoms with E-state index in [2.05, 4.69) is 37.3 Å². The minimum Gasteiger partial charge on any atom is -0.348 e. The van der Waals surface area contributed by atoms with Gasteiger partial charge in [0.25, 0.3) is 0 Å². The molecule has 0 bridgehead atoms. The number of aromatic amines is 1. The van der Waals surface area contributed by atoms with Crippen molar-refractivity contribution in [1.82, 2.24) is 31.3 Å². The van der Waals surface area contributed by atoms with Gasteiger partial charge < -0.3 is 10.6 Å². The Labute approximate surface area is 157 Å². The van der Waals surface area contributed by atoms with Crippen LogP contribution in [0.5, 0.6) is 0 Å². The number of nitrogens with zero attached hydrogens (tertiary/aromatic N) is 3. The van der Waals surface area contributed by atoms with Crippen molar-refractivity contribution in [2.24, 2.45) is 5.92 Å². The van der Waals surface area contributed by atoms with Crippen LogP contribution in [0, 0.1) is 5.92 Å². The Morgan fingerprint density at radius 2 is 2.07 bits per heavy atom. The van der Waals surface area contributed by atoms with Gasteiger partial charge in [-0.1, -0.05) is 18.6 Å². The number of aromatic nitrogens is 4. The van der Waals surface area contributed by atoms with Gasteiger partial charge in [-0.05, 0) is 61.4 Å². The van der Waals surface area contributed by atoms with Gasteiger partial charge in [0, 0.05) is 11.5 Å². The van der Waals surface area contributed by atoms with E-state index in [0.29, 0.717) is 5.82 Å². The van der Waals surface area contributed by atoms with Crippen molar-refractivity contribution in [3.05, 3.63) is 29.3 Å². The molecule has 0 aliphatic heterocycles. The third kappa shape index (κ3) is 3.70. The van der Waals surface area contributed by atoms with Crippen LogP contribution in [0.25, 0.3) is 11.4 Å². The first-order chi connectivity index (χ1) is 13.1. The van der Waals surface area contributed by atoms with Gasteiger partial charge in [0.2, 0.25) is 17.6 Å². The topological polar surface area (TPSA) is 113 Å².